The molecule has 2 amide bonds. The fourth-order valence-corrected chi connectivity index (χ4v) is 1.70. The van der Waals surface area contributed by atoms with Gasteiger partial charge in [0.15, 0.2) is 0 Å². The Morgan fingerprint density at radius 3 is 2.60 bits per heavy atom. The molecule has 2 rings (SSSR count). The number of primary amides is 1. The fourth-order valence-electron chi connectivity index (χ4n) is 1.70. The van der Waals surface area contributed by atoms with Gasteiger partial charge in [-0.2, -0.15) is 0 Å². The Hall–Kier alpha value is -2.69. The van der Waals surface area contributed by atoms with Gasteiger partial charge in [0, 0.05) is 12.7 Å². The van der Waals surface area contributed by atoms with Gasteiger partial charge in [-0.3, -0.25) is 14.6 Å². The van der Waals surface area contributed by atoms with Gasteiger partial charge in [-0.1, -0.05) is 30.3 Å². The molecule has 0 saturated carbocycles. The number of carbonyl (C=O) groups is 2. The van der Waals surface area contributed by atoms with Crippen molar-refractivity contribution in [2.24, 2.45) is 5.73 Å². The smallest absolute Gasteiger partial charge is 0.250 e. The normalized spacial score (nSPS) is 10.0. The summed E-state index contributed by atoms with van der Waals surface area (Å²) in [4.78, 5) is 27.0. The van der Waals surface area contributed by atoms with Crippen molar-refractivity contribution in [3.8, 4) is 0 Å². The molecule has 0 aliphatic rings. The van der Waals surface area contributed by atoms with Gasteiger partial charge in [-0.05, 0) is 17.7 Å². The number of rotatable bonds is 5. The molecular weight excluding hydrogens is 254 g/mol. The van der Waals surface area contributed by atoms with E-state index in [0.29, 0.717) is 6.54 Å². The molecule has 0 fully saturated rings. The zero-order valence-electron chi connectivity index (χ0n) is 10.7. The summed E-state index contributed by atoms with van der Waals surface area (Å²) in [5, 5.41) is 2.73. The summed E-state index contributed by atoms with van der Waals surface area (Å²) in [5.41, 5.74) is 6.71. The van der Waals surface area contributed by atoms with E-state index in [-0.39, 0.29) is 17.2 Å². The number of nitrogens with two attached hydrogens (primary N) is 1. The fraction of sp³-hybridized carbons (Fsp3) is 0.0667. The molecule has 0 atom stereocenters. The van der Waals surface area contributed by atoms with E-state index in [1.54, 1.807) is 6.07 Å². The highest BCUT2D eigenvalue weighted by Gasteiger charge is 2.12. The Kier molecular flexibility index (Phi) is 4.44. The maximum Gasteiger partial charge on any atom is 0.250 e. The highest BCUT2D eigenvalue weighted by atomic mass is 16.2. The summed E-state index contributed by atoms with van der Waals surface area (Å²) in [6.07, 6.45) is 2.77. The Morgan fingerprint density at radius 2 is 1.90 bits per heavy atom. The zero-order valence-corrected chi connectivity index (χ0v) is 10.7. The van der Waals surface area contributed by atoms with Gasteiger partial charge in [0.2, 0.25) is 5.91 Å². The molecule has 2 aromatic rings. The van der Waals surface area contributed by atoms with Crippen LogP contribution in [0.4, 0.5) is 0 Å². The van der Waals surface area contributed by atoms with E-state index in [4.69, 9.17) is 5.73 Å². The Bertz CT molecular complexity index is 612. The Morgan fingerprint density at radius 1 is 1.15 bits per heavy atom. The molecule has 0 spiro atoms. The van der Waals surface area contributed by atoms with E-state index in [9.17, 15) is 9.59 Å². The Balaban J connectivity index is 1.97. The predicted octanol–water partition coefficient (Wildman–Crippen LogP) is 1.05. The summed E-state index contributed by atoms with van der Waals surface area (Å²) in [5.74, 6) is -0.935. The highest BCUT2D eigenvalue weighted by Crippen LogP contribution is 2.07. The highest BCUT2D eigenvalue weighted by molar-refractivity contribution is 5.97. The number of amides is 2. The van der Waals surface area contributed by atoms with Crippen LogP contribution in [-0.4, -0.2) is 16.8 Å². The van der Waals surface area contributed by atoms with Gasteiger partial charge >= 0.3 is 0 Å². The summed E-state index contributed by atoms with van der Waals surface area (Å²) < 4.78 is 0. The maximum absolute atomic E-state index is 11.8. The molecule has 5 heteroatoms. The van der Waals surface area contributed by atoms with Crippen LogP contribution in [0.2, 0.25) is 0 Å². The molecule has 0 unspecified atom stereocenters. The van der Waals surface area contributed by atoms with Gasteiger partial charge in [-0.25, -0.2) is 0 Å². The van der Waals surface area contributed by atoms with E-state index in [1.165, 1.54) is 18.7 Å². The number of carbonyl (C=O) groups excluding carboxylic acids is 2. The minimum atomic E-state index is -0.611. The molecule has 0 bridgehead atoms. The molecule has 1 heterocycles. The van der Waals surface area contributed by atoms with Crippen LogP contribution in [0.3, 0.4) is 0 Å². The van der Waals surface area contributed by atoms with Crippen molar-refractivity contribution in [1.29, 1.82) is 0 Å². The van der Waals surface area contributed by atoms with Crippen LogP contribution in [0.5, 0.6) is 0 Å². The van der Waals surface area contributed by atoms with Crippen molar-refractivity contribution < 1.29 is 9.59 Å². The lowest BCUT2D eigenvalue weighted by Crippen LogP contribution is -2.25. The van der Waals surface area contributed by atoms with Gasteiger partial charge in [0.05, 0.1) is 17.7 Å². The third-order valence-electron chi connectivity index (χ3n) is 2.68. The molecule has 101 valence electrons. The number of hydrogen-bond donors (Lipinski definition) is 2. The van der Waals surface area contributed by atoms with Crippen LogP contribution in [0, 0.1) is 6.42 Å². The second kappa shape index (κ2) is 6.47. The number of nitrogens with one attached hydrogen (secondary N) is 1. The first-order valence-electron chi connectivity index (χ1n) is 6.08. The largest absolute Gasteiger partial charge is 0.366 e. The zero-order chi connectivity index (χ0) is 14.4. The monoisotopic (exact) mass is 268 g/mol. The minimum Gasteiger partial charge on any atom is -0.366 e. The first kappa shape index (κ1) is 13.7. The average molecular weight is 268 g/mol. The molecule has 20 heavy (non-hydrogen) atoms. The van der Waals surface area contributed by atoms with Gasteiger partial charge in [0.25, 0.3) is 5.91 Å². The SMILES string of the molecule is NC(=O)c1cccnc1[CH]C(=O)NCc1ccccc1. The first-order chi connectivity index (χ1) is 9.66. The summed E-state index contributed by atoms with van der Waals surface area (Å²) >= 11 is 0. The van der Waals surface area contributed by atoms with Crippen LogP contribution in [0.15, 0.2) is 48.7 Å². The summed E-state index contributed by atoms with van der Waals surface area (Å²) in [6.45, 7) is 0.412. The van der Waals surface area contributed by atoms with Gasteiger partial charge in [0.1, 0.15) is 0 Å². The lowest BCUT2D eigenvalue weighted by atomic mass is 10.1. The van der Waals surface area contributed by atoms with Gasteiger partial charge < -0.3 is 11.1 Å². The lowest BCUT2D eigenvalue weighted by Gasteiger charge is -2.06. The van der Waals surface area contributed by atoms with Crippen LogP contribution >= 0.6 is 0 Å². The first-order valence-corrected chi connectivity index (χ1v) is 6.08. The summed E-state index contributed by atoms with van der Waals surface area (Å²) in [6, 6.07) is 12.7. The maximum atomic E-state index is 11.8. The van der Waals surface area contributed by atoms with Crippen molar-refractivity contribution in [3.05, 3.63) is 71.9 Å². The molecular formula is C15H14N3O2. The van der Waals surface area contributed by atoms with Crippen molar-refractivity contribution in [2.45, 2.75) is 6.54 Å². The van der Waals surface area contributed by atoms with Crippen LogP contribution in [0.25, 0.3) is 0 Å². The van der Waals surface area contributed by atoms with Crippen molar-refractivity contribution in [1.82, 2.24) is 10.3 Å². The molecule has 1 radical (unpaired) electrons. The molecule has 5 nitrogen and oxygen atoms in total. The van der Waals surface area contributed by atoms with Crippen molar-refractivity contribution in [3.63, 3.8) is 0 Å². The number of aromatic nitrogens is 1. The second-order valence-corrected chi connectivity index (χ2v) is 4.15. The van der Waals surface area contributed by atoms with E-state index in [1.807, 2.05) is 30.3 Å². The van der Waals surface area contributed by atoms with Crippen molar-refractivity contribution in [2.75, 3.05) is 0 Å². The van der Waals surface area contributed by atoms with E-state index < -0.39 is 5.91 Å². The van der Waals surface area contributed by atoms with Gasteiger partial charge in [-0.15, -0.1) is 0 Å². The minimum absolute atomic E-state index is 0.224. The standard InChI is InChI=1S/C15H14N3O2/c16-15(20)12-7-4-8-17-13(12)9-14(19)18-10-11-5-2-1-3-6-11/h1-9H,10H2,(H2,16,20)(H,18,19). The topological polar surface area (TPSA) is 85.1 Å². The molecule has 0 aliphatic heterocycles. The van der Waals surface area contributed by atoms with E-state index >= 15 is 0 Å². The predicted molar refractivity (Wildman–Crippen MR) is 74.4 cm³/mol. The van der Waals surface area contributed by atoms with Crippen molar-refractivity contribution >= 4 is 11.8 Å². The number of nitrogens with zero attached hydrogens (tertiary/aromatic N) is 1. The number of pyridine rings is 1. The third-order valence-corrected chi connectivity index (χ3v) is 2.68. The molecule has 0 saturated heterocycles. The molecule has 3 N–H and O–H groups in total. The van der Waals surface area contributed by atoms with E-state index in [2.05, 4.69) is 10.3 Å². The molecule has 0 aliphatic carbocycles. The number of hydrogen-bond acceptors (Lipinski definition) is 3. The second-order valence-electron chi connectivity index (χ2n) is 4.15. The van der Waals surface area contributed by atoms with Crippen LogP contribution in [0.1, 0.15) is 21.6 Å². The Labute approximate surface area is 116 Å². The summed E-state index contributed by atoms with van der Waals surface area (Å²) in [7, 11) is 0. The quantitative estimate of drug-likeness (QED) is 0.850. The van der Waals surface area contributed by atoms with Crippen LogP contribution < -0.4 is 11.1 Å². The lowest BCUT2D eigenvalue weighted by molar-refractivity contribution is -0.117. The van der Waals surface area contributed by atoms with E-state index in [0.717, 1.165) is 5.56 Å². The number of benzene rings is 1. The van der Waals surface area contributed by atoms with Crippen LogP contribution in [-0.2, 0) is 11.3 Å². The third kappa shape index (κ3) is 3.65. The molecule has 1 aromatic heterocycles. The average Bonchev–Trinajstić information content (AvgIpc) is 2.46. The molecule has 1 aromatic carbocycles.